The molecule has 0 bridgehead atoms. The summed E-state index contributed by atoms with van der Waals surface area (Å²) in [6.45, 7) is 7.45. The molecule has 1 saturated heterocycles. The topological polar surface area (TPSA) is 45.1 Å². The summed E-state index contributed by atoms with van der Waals surface area (Å²) in [6.07, 6.45) is 0.822. The molecule has 5 heteroatoms. The molecule has 0 unspecified atom stereocenters. The summed E-state index contributed by atoms with van der Waals surface area (Å²) in [6, 6.07) is 10.1. The molecule has 0 atom stereocenters. The third-order valence-corrected chi connectivity index (χ3v) is 4.34. The lowest BCUT2D eigenvalue weighted by molar-refractivity contribution is -0.136. The number of nitrogens with zero attached hydrogens (tertiary/aromatic N) is 3. The van der Waals surface area contributed by atoms with Gasteiger partial charge in [0.1, 0.15) is 0 Å². The van der Waals surface area contributed by atoms with Crippen molar-refractivity contribution in [3.05, 3.63) is 35.9 Å². The first-order chi connectivity index (χ1) is 10.6. The van der Waals surface area contributed by atoms with Gasteiger partial charge in [-0.25, -0.2) is 5.01 Å². The molecule has 0 aromatic heterocycles. The number of carbonyl (C=O) groups is 1. The summed E-state index contributed by atoms with van der Waals surface area (Å²) in [5.41, 5.74) is 2.00. The van der Waals surface area contributed by atoms with E-state index in [1.54, 1.807) is 5.01 Å². The molecule has 0 N–H and O–H groups in total. The Morgan fingerprint density at radius 3 is 2.77 bits per heavy atom. The second-order valence-corrected chi connectivity index (χ2v) is 6.47. The van der Waals surface area contributed by atoms with Crippen LogP contribution in [0.2, 0.25) is 0 Å². The van der Waals surface area contributed by atoms with Gasteiger partial charge in [-0.3, -0.25) is 9.69 Å². The van der Waals surface area contributed by atoms with Crippen molar-refractivity contribution in [1.29, 1.82) is 0 Å². The Hall–Kier alpha value is -1.72. The van der Waals surface area contributed by atoms with Crippen LogP contribution in [0, 0.1) is 0 Å². The number of ether oxygens (including phenoxy) is 1. The van der Waals surface area contributed by atoms with Crippen LogP contribution in [-0.2, 0) is 9.53 Å². The zero-order chi connectivity index (χ0) is 15.6. The van der Waals surface area contributed by atoms with E-state index in [4.69, 9.17) is 4.74 Å². The molecule has 2 aliphatic heterocycles. The average molecular weight is 301 g/mol. The van der Waals surface area contributed by atoms with Gasteiger partial charge in [0.2, 0.25) is 0 Å². The highest BCUT2D eigenvalue weighted by Crippen LogP contribution is 2.20. The van der Waals surface area contributed by atoms with Crippen molar-refractivity contribution in [2.24, 2.45) is 5.10 Å². The summed E-state index contributed by atoms with van der Waals surface area (Å²) >= 11 is 0. The minimum Gasteiger partial charge on any atom is -0.378 e. The molecule has 1 aromatic carbocycles. The standard InChI is InChI=1S/C17H23N3O2/c1-17(2)13-22-11-10-19(17)12-16(21)20-9-8-15(18-20)14-6-4-3-5-7-14/h3-7H,8-13H2,1-2H3. The van der Waals surface area contributed by atoms with E-state index in [9.17, 15) is 4.79 Å². The Bertz CT molecular complexity index is 569. The third kappa shape index (κ3) is 3.20. The fourth-order valence-corrected chi connectivity index (χ4v) is 2.90. The number of carbonyl (C=O) groups excluding carboxylic acids is 1. The maximum Gasteiger partial charge on any atom is 0.256 e. The van der Waals surface area contributed by atoms with Crippen LogP contribution in [0.5, 0.6) is 0 Å². The highest BCUT2D eigenvalue weighted by molar-refractivity contribution is 6.02. The highest BCUT2D eigenvalue weighted by atomic mass is 16.5. The molecule has 1 aromatic rings. The molecule has 5 nitrogen and oxygen atoms in total. The maximum atomic E-state index is 12.5. The molecule has 3 rings (SSSR count). The van der Waals surface area contributed by atoms with Crippen molar-refractivity contribution in [3.63, 3.8) is 0 Å². The van der Waals surface area contributed by atoms with E-state index < -0.39 is 0 Å². The van der Waals surface area contributed by atoms with Crippen LogP contribution >= 0.6 is 0 Å². The van der Waals surface area contributed by atoms with Gasteiger partial charge in [-0.1, -0.05) is 30.3 Å². The third-order valence-electron chi connectivity index (χ3n) is 4.34. The zero-order valence-corrected chi connectivity index (χ0v) is 13.3. The van der Waals surface area contributed by atoms with E-state index >= 15 is 0 Å². The highest BCUT2D eigenvalue weighted by Gasteiger charge is 2.33. The molecule has 2 heterocycles. The number of rotatable bonds is 3. The van der Waals surface area contributed by atoms with Crippen molar-refractivity contribution in [2.45, 2.75) is 25.8 Å². The fourth-order valence-electron chi connectivity index (χ4n) is 2.90. The van der Waals surface area contributed by atoms with Crippen LogP contribution in [0.3, 0.4) is 0 Å². The Morgan fingerprint density at radius 1 is 1.27 bits per heavy atom. The predicted octanol–water partition coefficient (Wildman–Crippen LogP) is 1.73. The molecule has 0 radical (unpaired) electrons. The zero-order valence-electron chi connectivity index (χ0n) is 13.3. The van der Waals surface area contributed by atoms with Gasteiger partial charge in [-0.05, 0) is 19.4 Å². The van der Waals surface area contributed by atoms with Crippen molar-refractivity contribution in [1.82, 2.24) is 9.91 Å². The number of hydrogen-bond donors (Lipinski definition) is 0. The quantitative estimate of drug-likeness (QED) is 0.854. The molecule has 118 valence electrons. The van der Waals surface area contributed by atoms with E-state index in [1.165, 1.54) is 0 Å². The largest absolute Gasteiger partial charge is 0.378 e. The molecule has 1 fully saturated rings. The van der Waals surface area contributed by atoms with E-state index in [0.29, 0.717) is 26.3 Å². The molecule has 1 amide bonds. The van der Waals surface area contributed by atoms with Crippen LogP contribution in [0.25, 0.3) is 0 Å². The fraction of sp³-hybridized carbons (Fsp3) is 0.529. The van der Waals surface area contributed by atoms with Crippen molar-refractivity contribution in [3.8, 4) is 0 Å². The van der Waals surface area contributed by atoms with Gasteiger partial charge in [-0.2, -0.15) is 5.10 Å². The van der Waals surface area contributed by atoms with Crippen LogP contribution in [0.15, 0.2) is 35.4 Å². The van der Waals surface area contributed by atoms with Crippen LogP contribution in [0.1, 0.15) is 25.8 Å². The summed E-state index contributed by atoms with van der Waals surface area (Å²) in [5, 5.41) is 6.13. The molecular formula is C17H23N3O2. The van der Waals surface area contributed by atoms with Gasteiger partial charge in [0.15, 0.2) is 0 Å². The van der Waals surface area contributed by atoms with Gasteiger partial charge in [-0.15, -0.1) is 0 Å². The van der Waals surface area contributed by atoms with Gasteiger partial charge in [0, 0.05) is 18.5 Å². The lowest BCUT2D eigenvalue weighted by atomic mass is 10.0. The SMILES string of the molecule is CC1(C)COCCN1CC(=O)N1CCC(c2ccccc2)=N1. The average Bonchev–Trinajstić information content (AvgIpc) is 3.00. The Labute approximate surface area is 131 Å². The number of hydrazone groups is 1. The van der Waals surface area contributed by atoms with E-state index in [-0.39, 0.29) is 11.4 Å². The second-order valence-electron chi connectivity index (χ2n) is 6.47. The summed E-state index contributed by atoms with van der Waals surface area (Å²) in [5.74, 6) is 0.0703. The van der Waals surface area contributed by atoms with Crippen LogP contribution < -0.4 is 0 Å². The lowest BCUT2D eigenvalue weighted by Gasteiger charge is -2.41. The first-order valence-corrected chi connectivity index (χ1v) is 7.82. The lowest BCUT2D eigenvalue weighted by Crippen LogP contribution is -2.55. The summed E-state index contributed by atoms with van der Waals surface area (Å²) in [7, 11) is 0. The van der Waals surface area contributed by atoms with E-state index in [0.717, 1.165) is 24.2 Å². The Morgan fingerprint density at radius 2 is 2.05 bits per heavy atom. The molecule has 0 aliphatic carbocycles. The van der Waals surface area contributed by atoms with Gasteiger partial charge in [0.05, 0.1) is 32.0 Å². The van der Waals surface area contributed by atoms with Crippen molar-refractivity contribution < 1.29 is 9.53 Å². The van der Waals surface area contributed by atoms with Crippen LogP contribution in [-0.4, -0.2) is 59.9 Å². The molecule has 0 saturated carbocycles. The smallest absolute Gasteiger partial charge is 0.256 e. The second kappa shape index (κ2) is 6.18. The van der Waals surface area contributed by atoms with E-state index in [1.807, 2.05) is 30.3 Å². The first-order valence-electron chi connectivity index (χ1n) is 7.82. The van der Waals surface area contributed by atoms with Gasteiger partial charge in [0.25, 0.3) is 5.91 Å². The first kappa shape index (κ1) is 15.2. The van der Waals surface area contributed by atoms with Gasteiger partial charge < -0.3 is 4.74 Å². The number of morpholine rings is 1. The Balaban J connectivity index is 1.65. The van der Waals surface area contributed by atoms with Crippen LogP contribution in [0.4, 0.5) is 0 Å². The monoisotopic (exact) mass is 301 g/mol. The molecule has 0 spiro atoms. The van der Waals surface area contributed by atoms with E-state index in [2.05, 4.69) is 23.8 Å². The predicted molar refractivity (Wildman–Crippen MR) is 85.8 cm³/mol. The number of benzene rings is 1. The minimum absolute atomic E-state index is 0.0703. The molecule has 2 aliphatic rings. The summed E-state index contributed by atoms with van der Waals surface area (Å²) < 4.78 is 5.50. The molecule has 22 heavy (non-hydrogen) atoms. The van der Waals surface area contributed by atoms with Gasteiger partial charge >= 0.3 is 0 Å². The normalized spacial score (nSPS) is 21.7. The number of hydrogen-bond acceptors (Lipinski definition) is 4. The van der Waals surface area contributed by atoms with Crippen molar-refractivity contribution in [2.75, 3.05) is 32.8 Å². The maximum absolute atomic E-state index is 12.5. The summed E-state index contributed by atoms with van der Waals surface area (Å²) in [4.78, 5) is 14.7. The molecular weight excluding hydrogens is 278 g/mol. The minimum atomic E-state index is -0.0976. The number of amides is 1. The van der Waals surface area contributed by atoms with Crippen molar-refractivity contribution >= 4 is 11.6 Å². The Kier molecular flexibility index (Phi) is 4.27.